The third kappa shape index (κ3) is 11.0. The van der Waals surface area contributed by atoms with Crippen LogP contribution >= 0.6 is 0 Å². The van der Waals surface area contributed by atoms with Gasteiger partial charge in [-0.3, -0.25) is 19.4 Å². The Kier molecular flexibility index (Phi) is 16.9. The lowest BCUT2D eigenvalue weighted by Gasteiger charge is -2.31. The number of nitrogens with one attached hydrogen (secondary N) is 1. The standard InChI is InChI=1S/C39H61N5O4/c1-6-11-15-23-32-34(39(48)43-25-18-14-19-26-43)36(45)40-37(46)35(32)42-41-33-24-17-16-22-31(33)38(47)44(27-29(9-4)20-12-7-2)28-30(10-5)21-13-8-3/h16-17,22,24,29-30H,6-15,18-21,23,25-28H2,1-5H3,(H2,40,45,46). The fourth-order valence-electron chi connectivity index (χ4n) is 6.73. The van der Waals surface area contributed by atoms with Crippen molar-refractivity contribution in [3.8, 4) is 5.88 Å². The van der Waals surface area contributed by atoms with Gasteiger partial charge in [-0.1, -0.05) is 98.1 Å². The molecule has 1 fully saturated rings. The SMILES string of the molecule is CCCCCc1c(C(=O)N2CCCCC2)c(O)[nH]c(=O)c1N=Nc1ccccc1C(=O)N(CC(CC)CCCC)CC(CC)CCCC. The Hall–Kier alpha value is -3.49. The first-order chi connectivity index (χ1) is 23.3. The maximum atomic E-state index is 14.4. The van der Waals surface area contributed by atoms with Crippen molar-refractivity contribution in [2.75, 3.05) is 26.2 Å². The minimum Gasteiger partial charge on any atom is -0.494 e. The third-order valence-electron chi connectivity index (χ3n) is 9.88. The zero-order valence-corrected chi connectivity index (χ0v) is 30.4. The van der Waals surface area contributed by atoms with Gasteiger partial charge in [0, 0.05) is 31.7 Å². The van der Waals surface area contributed by atoms with E-state index in [0.717, 1.165) is 89.9 Å². The molecule has 1 aliphatic rings. The molecule has 1 saturated heterocycles. The quantitative estimate of drug-likeness (QED) is 0.108. The topological polar surface area (TPSA) is 118 Å². The summed E-state index contributed by atoms with van der Waals surface area (Å²) in [5, 5.41) is 19.9. The Morgan fingerprint density at radius 1 is 0.854 bits per heavy atom. The van der Waals surface area contributed by atoms with Crippen LogP contribution in [-0.2, 0) is 6.42 Å². The van der Waals surface area contributed by atoms with Crippen molar-refractivity contribution >= 4 is 23.2 Å². The van der Waals surface area contributed by atoms with Crippen molar-refractivity contribution in [3.63, 3.8) is 0 Å². The summed E-state index contributed by atoms with van der Waals surface area (Å²) in [6.45, 7) is 13.5. The van der Waals surface area contributed by atoms with Crippen molar-refractivity contribution in [1.82, 2.24) is 14.8 Å². The highest BCUT2D eigenvalue weighted by molar-refractivity contribution is 5.99. The van der Waals surface area contributed by atoms with Gasteiger partial charge in [-0.15, -0.1) is 10.2 Å². The molecule has 0 spiro atoms. The van der Waals surface area contributed by atoms with E-state index >= 15 is 0 Å². The van der Waals surface area contributed by atoms with Gasteiger partial charge >= 0.3 is 0 Å². The maximum Gasteiger partial charge on any atom is 0.278 e. The number of aromatic nitrogens is 1. The number of hydrogen-bond donors (Lipinski definition) is 2. The van der Waals surface area contributed by atoms with Crippen LogP contribution in [0.2, 0.25) is 0 Å². The van der Waals surface area contributed by atoms with Crippen molar-refractivity contribution < 1.29 is 14.7 Å². The number of nitrogens with zero attached hydrogens (tertiary/aromatic N) is 4. The van der Waals surface area contributed by atoms with Crippen LogP contribution in [0.4, 0.5) is 11.4 Å². The molecule has 0 saturated carbocycles. The molecule has 3 rings (SSSR count). The van der Waals surface area contributed by atoms with Crippen LogP contribution in [-0.4, -0.2) is 57.9 Å². The molecule has 2 N–H and O–H groups in total. The number of amides is 2. The Balaban J connectivity index is 2.04. The zero-order chi connectivity index (χ0) is 34.9. The lowest BCUT2D eigenvalue weighted by molar-refractivity contribution is 0.0684. The van der Waals surface area contributed by atoms with E-state index in [2.05, 4.69) is 49.8 Å². The minimum absolute atomic E-state index is 0.0135. The number of likely N-dealkylation sites (tertiary alicyclic amines) is 1. The number of piperidine rings is 1. The van der Waals surface area contributed by atoms with Crippen LogP contribution in [0, 0.1) is 11.8 Å². The van der Waals surface area contributed by atoms with Gasteiger partial charge in [-0.25, -0.2) is 0 Å². The maximum absolute atomic E-state index is 14.4. The summed E-state index contributed by atoms with van der Waals surface area (Å²) in [5.74, 6) is 0.0548. The number of azo groups is 1. The molecule has 2 unspecified atom stereocenters. The number of pyridine rings is 1. The Morgan fingerprint density at radius 3 is 2.04 bits per heavy atom. The molecule has 0 radical (unpaired) electrons. The lowest BCUT2D eigenvalue weighted by Crippen LogP contribution is -2.39. The fraction of sp³-hybridized carbons (Fsp3) is 0.667. The van der Waals surface area contributed by atoms with E-state index in [-0.39, 0.29) is 23.1 Å². The van der Waals surface area contributed by atoms with Gasteiger partial charge in [0.25, 0.3) is 17.4 Å². The number of carbonyl (C=O) groups is 2. The van der Waals surface area contributed by atoms with Gasteiger partial charge in [0.1, 0.15) is 5.56 Å². The van der Waals surface area contributed by atoms with Crippen LogP contribution < -0.4 is 5.56 Å². The van der Waals surface area contributed by atoms with Gasteiger partial charge in [-0.05, 0) is 68.9 Å². The molecular weight excluding hydrogens is 602 g/mol. The van der Waals surface area contributed by atoms with E-state index in [4.69, 9.17) is 0 Å². The fourth-order valence-corrected chi connectivity index (χ4v) is 6.73. The van der Waals surface area contributed by atoms with E-state index < -0.39 is 11.4 Å². The molecule has 266 valence electrons. The van der Waals surface area contributed by atoms with E-state index in [9.17, 15) is 19.5 Å². The Bertz CT molecular complexity index is 1360. The van der Waals surface area contributed by atoms with Gasteiger partial charge < -0.3 is 14.9 Å². The van der Waals surface area contributed by atoms with Crippen LogP contribution in [0.1, 0.15) is 151 Å². The van der Waals surface area contributed by atoms with Crippen molar-refractivity contribution in [3.05, 3.63) is 51.3 Å². The zero-order valence-electron chi connectivity index (χ0n) is 30.4. The summed E-state index contributed by atoms with van der Waals surface area (Å²) in [5.41, 5.74) is 0.757. The highest BCUT2D eigenvalue weighted by atomic mass is 16.3. The molecule has 9 heteroatoms. The second-order valence-electron chi connectivity index (χ2n) is 13.6. The normalized spacial score (nSPS) is 14.7. The number of aromatic hydroxyl groups is 1. The van der Waals surface area contributed by atoms with Gasteiger partial charge in [0.15, 0.2) is 5.69 Å². The van der Waals surface area contributed by atoms with Crippen LogP contribution in [0.5, 0.6) is 5.88 Å². The predicted octanol–water partition coefficient (Wildman–Crippen LogP) is 9.73. The summed E-state index contributed by atoms with van der Waals surface area (Å²) in [4.78, 5) is 47.6. The molecule has 0 aliphatic carbocycles. The largest absolute Gasteiger partial charge is 0.494 e. The van der Waals surface area contributed by atoms with E-state index in [1.807, 2.05) is 17.0 Å². The average Bonchev–Trinajstić information content (AvgIpc) is 3.10. The average molecular weight is 664 g/mol. The molecule has 1 aromatic heterocycles. The highest BCUT2D eigenvalue weighted by Crippen LogP contribution is 2.32. The van der Waals surface area contributed by atoms with Crippen LogP contribution in [0.3, 0.4) is 0 Å². The van der Waals surface area contributed by atoms with Crippen LogP contribution in [0.15, 0.2) is 39.3 Å². The highest BCUT2D eigenvalue weighted by Gasteiger charge is 2.28. The minimum atomic E-state index is -0.605. The van der Waals surface area contributed by atoms with E-state index in [0.29, 0.717) is 61.2 Å². The molecule has 2 aromatic rings. The summed E-state index contributed by atoms with van der Waals surface area (Å²) in [7, 11) is 0. The smallest absolute Gasteiger partial charge is 0.278 e. The summed E-state index contributed by atoms with van der Waals surface area (Å²) >= 11 is 0. The molecule has 2 atom stereocenters. The molecule has 2 amide bonds. The summed E-state index contributed by atoms with van der Waals surface area (Å²) in [6, 6.07) is 7.20. The number of benzene rings is 1. The van der Waals surface area contributed by atoms with Crippen molar-refractivity contribution in [2.45, 2.75) is 131 Å². The number of carbonyl (C=O) groups excluding carboxylic acids is 2. The predicted molar refractivity (Wildman–Crippen MR) is 195 cm³/mol. The Morgan fingerprint density at radius 2 is 1.46 bits per heavy atom. The van der Waals surface area contributed by atoms with Crippen molar-refractivity contribution in [2.24, 2.45) is 22.1 Å². The summed E-state index contributed by atoms with van der Waals surface area (Å²) < 4.78 is 0. The molecule has 2 heterocycles. The number of hydrogen-bond acceptors (Lipinski definition) is 6. The monoisotopic (exact) mass is 663 g/mol. The van der Waals surface area contributed by atoms with Gasteiger partial charge in [0.05, 0.1) is 11.3 Å². The molecule has 9 nitrogen and oxygen atoms in total. The number of H-pyrrole nitrogens is 1. The summed E-state index contributed by atoms with van der Waals surface area (Å²) in [6.07, 6.45) is 14.6. The van der Waals surface area contributed by atoms with Crippen LogP contribution in [0.25, 0.3) is 0 Å². The van der Waals surface area contributed by atoms with Crippen molar-refractivity contribution in [1.29, 1.82) is 0 Å². The number of rotatable bonds is 20. The molecular formula is C39H61N5O4. The first-order valence-electron chi connectivity index (χ1n) is 18.9. The molecule has 48 heavy (non-hydrogen) atoms. The second-order valence-corrected chi connectivity index (χ2v) is 13.6. The Labute approximate surface area is 288 Å². The van der Waals surface area contributed by atoms with Gasteiger partial charge in [-0.2, -0.15) is 0 Å². The van der Waals surface area contributed by atoms with E-state index in [1.165, 1.54) is 0 Å². The first kappa shape index (κ1) is 39.0. The molecule has 0 bridgehead atoms. The number of unbranched alkanes of at least 4 members (excludes halogenated alkanes) is 4. The van der Waals surface area contributed by atoms with E-state index in [1.54, 1.807) is 17.0 Å². The first-order valence-corrected chi connectivity index (χ1v) is 18.9. The second kappa shape index (κ2) is 20.8. The third-order valence-corrected chi connectivity index (χ3v) is 9.88. The van der Waals surface area contributed by atoms with Gasteiger partial charge in [0.2, 0.25) is 5.88 Å². The molecule has 1 aromatic carbocycles. The molecule has 1 aliphatic heterocycles. The lowest BCUT2D eigenvalue weighted by atomic mass is 9.95. The number of aromatic amines is 1.